The molecule has 2 rings (SSSR count). The van der Waals surface area contributed by atoms with Gasteiger partial charge in [0.1, 0.15) is 5.82 Å². The molecule has 1 aliphatic rings. The van der Waals surface area contributed by atoms with Gasteiger partial charge in [-0.3, -0.25) is 11.3 Å². The van der Waals surface area contributed by atoms with E-state index >= 15 is 0 Å². The molecule has 2 nitrogen and oxygen atoms in total. The molecule has 0 heterocycles. The van der Waals surface area contributed by atoms with Gasteiger partial charge in [-0.15, -0.1) is 0 Å². The van der Waals surface area contributed by atoms with Crippen molar-refractivity contribution < 1.29 is 4.39 Å². The van der Waals surface area contributed by atoms with E-state index in [0.29, 0.717) is 6.42 Å². The molecule has 16 heavy (non-hydrogen) atoms. The van der Waals surface area contributed by atoms with Gasteiger partial charge in [-0.1, -0.05) is 30.7 Å². The first kappa shape index (κ1) is 11.8. The van der Waals surface area contributed by atoms with Gasteiger partial charge >= 0.3 is 0 Å². The van der Waals surface area contributed by atoms with E-state index < -0.39 is 0 Å². The Bertz CT molecular complexity index is 391. The Hall–Kier alpha value is -0.640. The topological polar surface area (TPSA) is 38.0 Å². The van der Waals surface area contributed by atoms with Gasteiger partial charge in [-0.05, 0) is 36.3 Å². The molecule has 0 saturated heterocycles. The maximum Gasteiger partial charge on any atom is 0.142 e. The summed E-state index contributed by atoms with van der Waals surface area (Å²) in [6, 6.07) is 5.06. The lowest BCUT2D eigenvalue weighted by molar-refractivity contribution is 0.359. The standard InChI is InChI=1S/C12H16ClFN2/c1-12(5-6-12)10(16-15)7-8-3-2-4-9(14)11(8)13/h2-4,10,16H,5-7,15H2,1H3. The molecule has 88 valence electrons. The highest BCUT2D eigenvalue weighted by Gasteiger charge is 2.44. The third kappa shape index (κ3) is 2.21. The van der Waals surface area contributed by atoms with E-state index in [4.69, 9.17) is 17.4 Å². The fourth-order valence-electron chi connectivity index (χ4n) is 1.98. The second-order valence-corrected chi connectivity index (χ2v) is 5.17. The Morgan fingerprint density at radius 3 is 2.81 bits per heavy atom. The summed E-state index contributed by atoms with van der Waals surface area (Å²) in [7, 11) is 0. The van der Waals surface area contributed by atoms with Crippen molar-refractivity contribution >= 4 is 11.6 Å². The zero-order chi connectivity index (χ0) is 11.8. The Labute approximate surface area is 99.9 Å². The van der Waals surface area contributed by atoms with E-state index in [1.807, 2.05) is 6.07 Å². The SMILES string of the molecule is CC1(C(Cc2cccc(F)c2Cl)NN)CC1. The van der Waals surface area contributed by atoms with Crippen molar-refractivity contribution in [3.63, 3.8) is 0 Å². The number of hydrogen-bond donors (Lipinski definition) is 2. The highest BCUT2D eigenvalue weighted by Crippen LogP contribution is 2.49. The van der Waals surface area contributed by atoms with Crippen LogP contribution in [0.25, 0.3) is 0 Å². The minimum Gasteiger partial charge on any atom is -0.271 e. The summed E-state index contributed by atoms with van der Waals surface area (Å²) < 4.78 is 13.3. The summed E-state index contributed by atoms with van der Waals surface area (Å²) in [4.78, 5) is 0. The van der Waals surface area contributed by atoms with Crippen LogP contribution in [0.3, 0.4) is 0 Å². The molecule has 1 fully saturated rings. The minimum absolute atomic E-state index is 0.159. The predicted octanol–water partition coefficient (Wildman–Crippen LogP) is 2.65. The first-order chi connectivity index (χ1) is 7.57. The molecule has 0 bridgehead atoms. The molecular formula is C12H16ClFN2. The summed E-state index contributed by atoms with van der Waals surface area (Å²) >= 11 is 5.92. The zero-order valence-electron chi connectivity index (χ0n) is 9.26. The van der Waals surface area contributed by atoms with Crippen molar-refractivity contribution in [2.24, 2.45) is 11.3 Å². The van der Waals surface area contributed by atoms with Gasteiger partial charge in [-0.25, -0.2) is 4.39 Å². The molecule has 3 N–H and O–H groups in total. The van der Waals surface area contributed by atoms with Crippen LogP contribution in [0.4, 0.5) is 4.39 Å². The van der Waals surface area contributed by atoms with E-state index in [0.717, 1.165) is 18.4 Å². The molecule has 1 aromatic rings. The summed E-state index contributed by atoms with van der Waals surface area (Å²) in [5, 5.41) is 0.215. The lowest BCUT2D eigenvalue weighted by atomic mass is 9.93. The molecule has 4 heteroatoms. The number of hydrogen-bond acceptors (Lipinski definition) is 2. The van der Waals surface area contributed by atoms with Crippen molar-refractivity contribution in [1.82, 2.24) is 5.43 Å². The van der Waals surface area contributed by atoms with Crippen LogP contribution < -0.4 is 11.3 Å². The van der Waals surface area contributed by atoms with E-state index in [-0.39, 0.29) is 22.3 Å². The molecule has 1 atom stereocenters. The van der Waals surface area contributed by atoms with Crippen molar-refractivity contribution in [1.29, 1.82) is 0 Å². The van der Waals surface area contributed by atoms with Gasteiger partial charge in [0.15, 0.2) is 0 Å². The quantitative estimate of drug-likeness (QED) is 0.629. The Morgan fingerprint density at radius 1 is 1.56 bits per heavy atom. The van der Waals surface area contributed by atoms with Crippen LogP contribution in [0, 0.1) is 11.2 Å². The maximum atomic E-state index is 13.3. The first-order valence-corrected chi connectivity index (χ1v) is 5.83. The lowest BCUT2D eigenvalue weighted by Gasteiger charge is -2.23. The van der Waals surface area contributed by atoms with Gasteiger partial charge < -0.3 is 0 Å². The number of halogens is 2. The van der Waals surface area contributed by atoms with Crippen LogP contribution in [-0.2, 0) is 6.42 Å². The highest BCUT2D eigenvalue weighted by molar-refractivity contribution is 6.31. The predicted molar refractivity (Wildman–Crippen MR) is 63.6 cm³/mol. The molecule has 1 aromatic carbocycles. The minimum atomic E-state index is -0.365. The van der Waals surface area contributed by atoms with Crippen LogP contribution >= 0.6 is 11.6 Å². The molecule has 1 unspecified atom stereocenters. The average molecular weight is 243 g/mol. The van der Waals surface area contributed by atoms with Gasteiger partial charge in [0.25, 0.3) is 0 Å². The van der Waals surface area contributed by atoms with E-state index in [1.165, 1.54) is 6.07 Å². The molecular weight excluding hydrogens is 227 g/mol. The second-order valence-electron chi connectivity index (χ2n) is 4.79. The summed E-state index contributed by atoms with van der Waals surface area (Å²) in [5.74, 6) is 5.18. The molecule has 0 amide bonds. The van der Waals surface area contributed by atoms with Crippen LogP contribution in [0.5, 0.6) is 0 Å². The third-order valence-corrected chi connectivity index (χ3v) is 3.96. The van der Waals surface area contributed by atoms with E-state index in [9.17, 15) is 4.39 Å². The van der Waals surface area contributed by atoms with E-state index in [1.54, 1.807) is 6.07 Å². The summed E-state index contributed by atoms with van der Waals surface area (Å²) in [5.41, 5.74) is 3.88. The molecule has 0 spiro atoms. The summed E-state index contributed by atoms with van der Waals surface area (Å²) in [6.07, 6.45) is 2.99. The lowest BCUT2D eigenvalue weighted by Crippen LogP contribution is -2.42. The Morgan fingerprint density at radius 2 is 2.25 bits per heavy atom. The fraction of sp³-hybridized carbons (Fsp3) is 0.500. The number of benzene rings is 1. The molecule has 1 aliphatic carbocycles. The summed E-state index contributed by atoms with van der Waals surface area (Å²) in [6.45, 7) is 2.19. The number of rotatable bonds is 4. The van der Waals surface area contributed by atoms with Gasteiger partial charge in [0.05, 0.1) is 5.02 Å². The third-order valence-electron chi connectivity index (χ3n) is 3.54. The number of nitrogens with one attached hydrogen (secondary N) is 1. The molecule has 0 radical (unpaired) electrons. The zero-order valence-corrected chi connectivity index (χ0v) is 10.0. The van der Waals surface area contributed by atoms with Gasteiger partial charge in [-0.2, -0.15) is 0 Å². The normalized spacial score (nSPS) is 19.5. The molecule has 0 aliphatic heterocycles. The monoisotopic (exact) mass is 242 g/mol. The van der Waals surface area contributed by atoms with Gasteiger partial charge in [0.2, 0.25) is 0 Å². The van der Waals surface area contributed by atoms with E-state index in [2.05, 4.69) is 12.3 Å². The fourth-order valence-corrected chi connectivity index (χ4v) is 2.18. The van der Waals surface area contributed by atoms with Crippen LogP contribution in [0.15, 0.2) is 18.2 Å². The van der Waals surface area contributed by atoms with Crippen molar-refractivity contribution in [3.8, 4) is 0 Å². The van der Waals surface area contributed by atoms with Crippen molar-refractivity contribution in [2.45, 2.75) is 32.2 Å². The second kappa shape index (κ2) is 4.32. The number of hydrazine groups is 1. The number of nitrogens with two attached hydrogens (primary N) is 1. The first-order valence-electron chi connectivity index (χ1n) is 5.46. The smallest absolute Gasteiger partial charge is 0.142 e. The molecule has 1 saturated carbocycles. The average Bonchev–Trinajstić information content (AvgIpc) is 3.00. The Kier molecular flexibility index (Phi) is 3.19. The van der Waals surface area contributed by atoms with Crippen LogP contribution in [0.1, 0.15) is 25.3 Å². The largest absolute Gasteiger partial charge is 0.271 e. The molecule has 0 aromatic heterocycles. The Balaban J connectivity index is 2.16. The van der Waals surface area contributed by atoms with Crippen molar-refractivity contribution in [3.05, 3.63) is 34.6 Å². The van der Waals surface area contributed by atoms with Crippen molar-refractivity contribution in [2.75, 3.05) is 0 Å². The van der Waals surface area contributed by atoms with Gasteiger partial charge in [0, 0.05) is 6.04 Å². The highest BCUT2D eigenvalue weighted by atomic mass is 35.5. The maximum absolute atomic E-state index is 13.3. The van der Waals surface area contributed by atoms with Crippen LogP contribution in [-0.4, -0.2) is 6.04 Å². The van der Waals surface area contributed by atoms with Crippen LogP contribution in [0.2, 0.25) is 5.02 Å².